The Bertz CT molecular complexity index is 819. The third kappa shape index (κ3) is 2.72. The van der Waals surface area contributed by atoms with Crippen molar-refractivity contribution < 1.29 is 8.42 Å². The number of aryl methyl sites for hydroxylation is 1. The summed E-state index contributed by atoms with van der Waals surface area (Å²) in [7, 11) is -2.62. The van der Waals surface area contributed by atoms with Crippen LogP contribution in [0.25, 0.3) is 10.2 Å². The van der Waals surface area contributed by atoms with Gasteiger partial charge in [0, 0.05) is 15.7 Å². The number of aromatic nitrogens is 1. The summed E-state index contributed by atoms with van der Waals surface area (Å²) in [5, 5.41) is 0. The first-order valence-electron chi connectivity index (χ1n) is 5.91. The minimum Gasteiger partial charge on any atom is -0.224 e. The van der Waals surface area contributed by atoms with Crippen LogP contribution in [0.4, 0.5) is 0 Å². The van der Waals surface area contributed by atoms with E-state index in [1.165, 1.54) is 11.3 Å². The van der Waals surface area contributed by atoms with Gasteiger partial charge in [-0.3, -0.25) is 0 Å². The van der Waals surface area contributed by atoms with Gasteiger partial charge >= 0.3 is 0 Å². The second-order valence-electron chi connectivity index (χ2n) is 4.30. The van der Waals surface area contributed by atoms with Gasteiger partial charge in [-0.25, -0.2) is 13.4 Å². The summed E-state index contributed by atoms with van der Waals surface area (Å²) >= 11 is 1.21. The Labute approximate surface area is 125 Å². The number of para-hydroxylation sites is 1. The van der Waals surface area contributed by atoms with Crippen LogP contribution in [0.5, 0.6) is 0 Å². The molecule has 0 saturated heterocycles. The number of fused-ring (bicyclic) bond motifs is 1. The van der Waals surface area contributed by atoms with E-state index >= 15 is 0 Å². The topological polar surface area (TPSA) is 47.0 Å². The van der Waals surface area contributed by atoms with Crippen molar-refractivity contribution >= 4 is 41.2 Å². The van der Waals surface area contributed by atoms with Crippen LogP contribution in [0.3, 0.4) is 0 Å². The van der Waals surface area contributed by atoms with Crippen molar-refractivity contribution in [2.75, 3.05) is 0 Å². The third-order valence-corrected chi connectivity index (χ3v) is 7.68. The van der Waals surface area contributed by atoms with Gasteiger partial charge < -0.3 is 0 Å². The van der Waals surface area contributed by atoms with Crippen molar-refractivity contribution in [2.45, 2.75) is 16.2 Å². The second-order valence-corrected chi connectivity index (χ2v) is 9.34. The van der Waals surface area contributed by atoms with E-state index < -0.39 is 8.87 Å². The van der Waals surface area contributed by atoms with Crippen LogP contribution < -0.4 is 0 Å². The average molecular weight is 321 g/mol. The van der Waals surface area contributed by atoms with E-state index in [-0.39, 0.29) is 4.34 Å². The van der Waals surface area contributed by atoms with Crippen LogP contribution >= 0.6 is 22.1 Å². The lowest BCUT2D eigenvalue weighted by Crippen LogP contribution is -1.93. The van der Waals surface area contributed by atoms with Gasteiger partial charge in [-0.05, 0) is 31.2 Å². The summed E-state index contributed by atoms with van der Waals surface area (Å²) in [4.78, 5) is 4.91. The summed E-state index contributed by atoms with van der Waals surface area (Å²) in [6.07, 6.45) is 0. The Morgan fingerprint density at radius 3 is 2.45 bits per heavy atom. The van der Waals surface area contributed by atoms with Crippen LogP contribution in [0.15, 0.2) is 57.8 Å². The average Bonchev–Trinajstić information content (AvgIpc) is 2.86. The number of hydrogen-bond acceptors (Lipinski definition) is 5. The number of thiazole rings is 1. The lowest BCUT2D eigenvalue weighted by molar-refractivity contribution is 0.610. The van der Waals surface area contributed by atoms with E-state index in [1.54, 1.807) is 0 Å². The van der Waals surface area contributed by atoms with Crippen molar-refractivity contribution in [1.29, 1.82) is 0 Å². The van der Waals surface area contributed by atoms with Crippen molar-refractivity contribution in [3.63, 3.8) is 0 Å². The highest BCUT2D eigenvalue weighted by Crippen LogP contribution is 2.35. The predicted molar refractivity (Wildman–Crippen MR) is 83.8 cm³/mol. The fourth-order valence-electron chi connectivity index (χ4n) is 1.71. The zero-order valence-corrected chi connectivity index (χ0v) is 13.1. The number of nitrogens with zero attached hydrogens (tertiary/aromatic N) is 1. The molecule has 0 radical (unpaired) electrons. The zero-order valence-electron chi connectivity index (χ0n) is 10.6. The highest BCUT2D eigenvalue weighted by Gasteiger charge is 2.21. The third-order valence-electron chi connectivity index (χ3n) is 2.72. The first-order valence-corrected chi connectivity index (χ1v) is 9.55. The lowest BCUT2D eigenvalue weighted by atomic mass is 10.2. The van der Waals surface area contributed by atoms with E-state index in [1.807, 2.05) is 55.5 Å². The summed E-state index contributed by atoms with van der Waals surface area (Å²) in [6.45, 7) is 1.97. The van der Waals surface area contributed by atoms with E-state index in [0.29, 0.717) is 4.90 Å². The maximum Gasteiger partial charge on any atom is 0.261 e. The molecule has 0 unspecified atom stereocenters. The van der Waals surface area contributed by atoms with Crippen molar-refractivity contribution in [3.8, 4) is 0 Å². The molecule has 0 fully saturated rings. The molecule has 0 aliphatic heterocycles. The molecule has 0 bridgehead atoms. The van der Waals surface area contributed by atoms with Crippen molar-refractivity contribution in [1.82, 2.24) is 4.98 Å². The molecule has 0 N–H and O–H groups in total. The zero-order chi connectivity index (χ0) is 14.2. The SMILES string of the molecule is Cc1ccc(SS(=O)(=O)c2nc3ccccc3s2)cc1. The molecule has 1 aromatic heterocycles. The van der Waals surface area contributed by atoms with Gasteiger partial charge in [0.15, 0.2) is 0 Å². The first kappa shape index (κ1) is 13.6. The highest BCUT2D eigenvalue weighted by molar-refractivity contribution is 8.72. The summed E-state index contributed by atoms with van der Waals surface area (Å²) in [5.41, 5.74) is 1.83. The normalized spacial score (nSPS) is 11.8. The summed E-state index contributed by atoms with van der Waals surface area (Å²) in [5.74, 6) is 0. The van der Waals surface area contributed by atoms with Gasteiger partial charge in [-0.1, -0.05) is 29.8 Å². The van der Waals surface area contributed by atoms with Crippen LogP contribution in [0.1, 0.15) is 5.56 Å². The smallest absolute Gasteiger partial charge is 0.224 e. The standard InChI is InChI=1S/C14H11NO2S3/c1-10-6-8-11(9-7-10)19-20(16,17)14-15-12-4-2-3-5-13(12)18-14/h2-9H,1H3. The molecule has 0 atom stereocenters. The minimum atomic E-state index is -3.46. The van der Waals surface area contributed by atoms with Gasteiger partial charge in [-0.2, -0.15) is 0 Å². The predicted octanol–water partition coefficient (Wildman–Crippen LogP) is 4.09. The Morgan fingerprint density at radius 1 is 1.05 bits per heavy atom. The van der Waals surface area contributed by atoms with Crippen LogP contribution in [-0.2, 0) is 8.87 Å². The maximum atomic E-state index is 12.4. The molecule has 0 aliphatic rings. The maximum absolute atomic E-state index is 12.4. The van der Waals surface area contributed by atoms with Gasteiger partial charge in [0.05, 0.1) is 10.2 Å². The Kier molecular flexibility index (Phi) is 3.54. The Balaban J connectivity index is 1.96. The van der Waals surface area contributed by atoms with E-state index in [2.05, 4.69) is 4.98 Å². The Hall–Kier alpha value is -1.37. The van der Waals surface area contributed by atoms with Gasteiger partial charge in [0.2, 0.25) is 4.34 Å². The lowest BCUT2D eigenvalue weighted by Gasteiger charge is -2.00. The molecule has 0 aliphatic carbocycles. The molecule has 0 spiro atoms. The molecule has 3 rings (SSSR count). The molecule has 20 heavy (non-hydrogen) atoms. The van der Waals surface area contributed by atoms with Gasteiger partial charge in [0.1, 0.15) is 0 Å². The number of benzene rings is 2. The molecule has 0 amide bonds. The molecule has 3 nitrogen and oxygen atoms in total. The Morgan fingerprint density at radius 2 is 1.75 bits per heavy atom. The molecular formula is C14H11NO2S3. The van der Waals surface area contributed by atoms with Crippen molar-refractivity contribution in [2.24, 2.45) is 0 Å². The van der Waals surface area contributed by atoms with Crippen LogP contribution in [0.2, 0.25) is 0 Å². The molecule has 3 aromatic rings. The largest absolute Gasteiger partial charge is 0.261 e. The molecule has 2 aromatic carbocycles. The second kappa shape index (κ2) is 5.20. The van der Waals surface area contributed by atoms with Crippen molar-refractivity contribution in [3.05, 3.63) is 54.1 Å². The molecular weight excluding hydrogens is 310 g/mol. The fourth-order valence-corrected chi connectivity index (χ4v) is 5.90. The summed E-state index contributed by atoms with van der Waals surface area (Å²) in [6, 6.07) is 14.8. The molecule has 0 saturated carbocycles. The van der Waals surface area contributed by atoms with Crippen LogP contribution in [0, 0.1) is 6.92 Å². The molecule has 6 heteroatoms. The summed E-state index contributed by atoms with van der Waals surface area (Å²) < 4.78 is 25.8. The molecule has 102 valence electrons. The highest BCUT2D eigenvalue weighted by atomic mass is 33.1. The van der Waals surface area contributed by atoms with E-state index in [9.17, 15) is 8.42 Å². The number of rotatable bonds is 3. The van der Waals surface area contributed by atoms with E-state index in [0.717, 1.165) is 26.6 Å². The molecule has 1 heterocycles. The first-order chi connectivity index (χ1) is 9.54. The quantitative estimate of drug-likeness (QED) is 0.682. The van der Waals surface area contributed by atoms with Gasteiger partial charge in [0.25, 0.3) is 8.87 Å². The van der Waals surface area contributed by atoms with E-state index in [4.69, 9.17) is 0 Å². The monoisotopic (exact) mass is 321 g/mol. The fraction of sp³-hybridized carbons (Fsp3) is 0.0714. The number of hydrogen-bond donors (Lipinski definition) is 0. The van der Waals surface area contributed by atoms with Crippen LogP contribution in [-0.4, -0.2) is 13.4 Å². The minimum absolute atomic E-state index is 0.157. The van der Waals surface area contributed by atoms with Gasteiger partial charge in [-0.15, -0.1) is 11.3 Å².